The molecule has 2 N–H and O–H groups in total. The van der Waals surface area contributed by atoms with Crippen LogP contribution in [-0.4, -0.2) is 18.7 Å². The van der Waals surface area contributed by atoms with E-state index in [1.165, 1.54) is 7.05 Å². The Bertz CT molecular complexity index is 106. The van der Waals surface area contributed by atoms with Gasteiger partial charge in [-0.25, -0.2) is 0 Å². The Morgan fingerprint density at radius 2 is 2.14 bits per heavy atom. The molecule has 0 spiro atoms. The van der Waals surface area contributed by atoms with Crippen molar-refractivity contribution < 1.29 is 4.79 Å². The molecule has 0 aromatic carbocycles. The van der Waals surface area contributed by atoms with E-state index in [0.29, 0.717) is 5.71 Å². The second kappa shape index (κ2) is 2.34. The minimum Gasteiger partial charge on any atom is -0.365 e. The summed E-state index contributed by atoms with van der Waals surface area (Å²) in [6.07, 6.45) is 0. The monoisotopic (exact) mass is 100 g/mol. The molecular formula is C4H8N2O. The topological polar surface area (TPSA) is 55.4 Å². The van der Waals surface area contributed by atoms with E-state index in [2.05, 4.69) is 4.99 Å². The van der Waals surface area contributed by atoms with Crippen molar-refractivity contribution in [1.82, 2.24) is 0 Å². The molecule has 0 aliphatic rings. The average molecular weight is 100 g/mol. The van der Waals surface area contributed by atoms with E-state index in [0.717, 1.165) is 0 Å². The molecular weight excluding hydrogens is 92.1 g/mol. The molecule has 0 atom stereocenters. The fourth-order valence-corrected chi connectivity index (χ4v) is 0.110. The molecule has 1 amide bonds. The van der Waals surface area contributed by atoms with Crippen LogP contribution in [0.2, 0.25) is 0 Å². The highest BCUT2D eigenvalue weighted by molar-refractivity contribution is 6.37. The third-order valence-electron chi connectivity index (χ3n) is 0.692. The predicted octanol–water partition coefficient (Wildman–Crippen LogP) is -0.438. The van der Waals surface area contributed by atoms with Crippen LogP contribution in [0.1, 0.15) is 6.92 Å². The first-order valence-electron chi connectivity index (χ1n) is 1.91. The largest absolute Gasteiger partial charge is 0.365 e. The Morgan fingerprint density at radius 1 is 1.71 bits per heavy atom. The molecule has 3 heteroatoms. The van der Waals surface area contributed by atoms with Gasteiger partial charge < -0.3 is 5.73 Å². The average Bonchev–Trinajstić information content (AvgIpc) is 1.65. The minimum atomic E-state index is -0.456. The van der Waals surface area contributed by atoms with Crippen molar-refractivity contribution in [2.45, 2.75) is 6.92 Å². The van der Waals surface area contributed by atoms with Crippen molar-refractivity contribution in [1.29, 1.82) is 0 Å². The number of hydrogen-bond acceptors (Lipinski definition) is 2. The Kier molecular flexibility index (Phi) is 2.05. The summed E-state index contributed by atoms with van der Waals surface area (Å²) in [6, 6.07) is 0. The maximum atomic E-state index is 10.0. The van der Waals surface area contributed by atoms with Gasteiger partial charge in [-0.1, -0.05) is 0 Å². The number of amides is 1. The normalized spacial score (nSPS) is 11.4. The lowest BCUT2D eigenvalue weighted by Crippen LogP contribution is -2.19. The van der Waals surface area contributed by atoms with E-state index in [9.17, 15) is 4.79 Å². The van der Waals surface area contributed by atoms with Gasteiger partial charge in [0.15, 0.2) is 0 Å². The van der Waals surface area contributed by atoms with Gasteiger partial charge in [0.2, 0.25) is 0 Å². The maximum absolute atomic E-state index is 10.0. The van der Waals surface area contributed by atoms with Gasteiger partial charge in [0, 0.05) is 7.05 Å². The van der Waals surface area contributed by atoms with Crippen molar-refractivity contribution in [3.63, 3.8) is 0 Å². The zero-order chi connectivity index (χ0) is 5.86. The van der Waals surface area contributed by atoms with Crippen molar-refractivity contribution in [2.75, 3.05) is 7.05 Å². The second-order valence-corrected chi connectivity index (χ2v) is 1.17. The fraction of sp³-hybridized carbons (Fsp3) is 0.500. The molecule has 0 aliphatic heterocycles. The van der Waals surface area contributed by atoms with E-state index in [1.807, 2.05) is 0 Å². The lowest BCUT2D eigenvalue weighted by Gasteiger charge is -1.84. The molecule has 0 aliphatic carbocycles. The van der Waals surface area contributed by atoms with Gasteiger partial charge >= 0.3 is 0 Å². The Balaban J connectivity index is 3.82. The molecule has 0 fully saturated rings. The summed E-state index contributed by atoms with van der Waals surface area (Å²) in [5, 5.41) is 0. The van der Waals surface area contributed by atoms with E-state index in [1.54, 1.807) is 6.92 Å². The number of aliphatic imine (C=N–C) groups is 1. The molecule has 3 nitrogen and oxygen atoms in total. The number of rotatable bonds is 1. The Labute approximate surface area is 42.2 Å². The summed E-state index contributed by atoms with van der Waals surface area (Å²) in [6.45, 7) is 1.57. The molecule has 7 heavy (non-hydrogen) atoms. The van der Waals surface area contributed by atoms with Crippen LogP contribution in [0.4, 0.5) is 0 Å². The van der Waals surface area contributed by atoms with Crippen LogP contribution >= 0.6 is 0 Å². The van der Waals surface area contributed by atoms with E-state index < -0.39 is 5.91 Å². The molecule has 0 aromatic rings. The van der Waals surface area contributed by atoms with Gasteiger partial charge in [0.1, 0.15) is 0 Å². The zero-order valence-electron chi connectivity index (χ0n) is 4.43. The quantitative estimate of drug-likeness (QED) is 0.446. The van der Waals surface area contributed by atoms with Crippen LogP contribution in [0.5, 0.6) is 0 Å². The summed E-state index contributed by atoms with van der Waals surface area (Å²) in [7, 11) is 1.53. The van der Waals surface area contributed by atoms with Gasteiger partial charge in [-0.3, -0.25) is 9.79 Å². The second-order valence-electron chi connectivity index (χ2n) is 1.17. The lowest BCUT2D eigenvalue weighted by molar-refractivity contribution is -0.112. The van der Waals surface area contributed by atoms with Crippen LogP contribution in [-0.2, 0) is 4.79 Å². The number of nitrogens with two attached hydrogens (primary N) is 1. The highest BCUT2D eigenvalue weighted by atomic mass is 16.1. The lowest BCUT2D eigenvalue weighted by atomic mass is 10.4. The van der Waals surface area contributed by atoms with Crippen molar-refractivity contribution in [3.8, 4) is 0 Å². The Morgan fingerprint density at radius 3 is 2.14 bits per heavy atom. The van der Waals surface area contributed by atoms with Gasteiger partial charge in [0.25, 0.3) is 5.91 Å². The van der Waals surface area contributed by atoms with Crippen LogP contribution in [0, 0.1) is 0 Å². The number of hydrogen-bond donors (Lipinski definition) is 1. The standard InChI is InChI=1S/C4H8N2O/c1-3(6-2)4(5)7/h1-2H3,(H2,5,7). The van der Waals surface area contributed by atoms with Gasteiger partial charge in [-0.2, -0.15) is 0 Å². The number of primary amides is 1. The van der Waals surface area contributed by atoms with Crippen molar-refractivity contribution in [3.05, 3.63) is 0 Å². The number of carbonyl (C=O) groups is 1. The van der Waals surface area contributed by atoms with Crippen LogP contribution in [0.25, 0.3) is 0 Å². The SMILES string of the molecule is CN=C(C)C(N)=O. The first kappa shape index (κ1) is 6.14. The molecule has 0 aromatic heterocycles. The molecule has 0 unspecified atom stereocenters. The van der Waals surface area contributed by atoms with Crippen LogP contribution in [0.15, 0.2) is 4.99 Å². The minimum absolute atomic E-state index is 0.361. The maximum Gasteiger partial charge on any atom is 0.262 e. The van der Waals surface area contributed by atoms with E-state index in [-0.39, 0.29) is 0 Å². The predicted molar refractivity (Wildman–Crippen MR) is 28.2 cm³/mol. The van der Waals surface area contributed by atoms with Gasteiger partial charge in [-0.05, 0) is 6.92 Å². The summed E-state index contributed by atoms with van der Waals surface area (Å²) in [5.41, 5.74) is 5.14. The Hall–Kier alpha value is -0.860. The van der Waals surface area contributed by atoms with Crippen LogP contribution < -0.4 is 5.73 Å². The van der Waals surface area contributed by atoms with Crippen molar-refractivity contribution >= 4 is 11.6 Å². The van der Waals surface area contributed by atoms with Gasteiger partial charge in [-0.15, -0.1) is 0 Å². The number of carbonyl (C=O) groups excluding carboxylic acids is 1. The molecule has 0 saturated carbocycles. The third-order valence-corrected chi connectivity index (χ3v) is 0.692. The van der Waals surface area contributed by atoms with Gasteiger partial charge in [0.05, 0.1) is 5.71 Å². The number of nitrogens with zero attached hydrogens (tertiary/aromatic N) is 1. The van der Waals surface area contributed by atoms with Crippen LogP contribution in [0.3, 0.4) is 0 Å². The third kappa shape index (κ3) is 1.92. The highest BCUT2D eigenvalue weighted by Gasteiger charge is 1.92. The smallest absolute Gasteiger partial charge is 0.262 e. The molecule has 0 bridgehead atoms. The van der Waals surface area contributed by atoms with E-state index >= 15 is 0 Å². The molecule has 0 rings (SSSR count). The van der Waals surface area contributed by atoms with Crippen molar-refractivity contribution in [2.24, 2.45) is 10.7 Å². The van der Waals surface area contributed by atoms with E-state index in [4.69, 9.17) is 5.73 Å². The molecule has 0 heterocycles. The summed E-state index contributed by atoms with van der Waals surface area (Å²) < 4.78 is 0. The fourth-order valence-electron chi connectivity index (χ4n) is 0.110. The molecule has 0 radical (unpaired) electrons. The summed E-state index contributed by atoms with van der Waals surface area (Å²) >= 11 is 0. The highest BCUT2D eigenvalue weighted by Crippen LogP contribution is 1.67. The first-order chi connectivity index (χ1) is 3.18. The zero-order valence-corrected chi connectivity index (χ0v) is 4.43. The summed E-state index contributed by atoms with van der Waals surface area (Å²) in [5.74, 6) is -0.456. The summed E-state index contributed by atoms with van der Waals surface area (Å²) in [4.78, 5) is 13.6. The first-order valence-corrected chi connectivity index (χ1v) is 1.91. The molecule has 40 valence electrons. The molecule has 0 saturated heterocycles.